The molecule has 1 saturated heterocycles. The first-order chi connectivity index (χ1) is 13.6. The molecule has 0 unspecified atom stereocenters. The summed E-state index contributed by atoms with van der Waals surface area (Å²) in [5.74, 6) is 2.18. The number of rotatable bonds is 6. The number of ether oxygens (including phenoxy) is 2. The van der Waals surface area contributed by atoms with E-state index >= 15 is 0 Å². The van der Waals surface area contributed by atoms with Crippen LogP contribution < -0.4 is 9.47 Å². The molecule has 6 nitrogen and oxygen atoms in total. The summed E-state index contributed by atoms with van der Waals surface area (Å²) in [6, 6.07) is 5.48. The van der Waals surface area contributed by atoms with Crippen molar-refractivity contribution in [2.24, 2.45) is 40.6 Å². The monoisotopic (exact) mass is 380 g/mol. The first-order valence-corrected chi connectivity index (χ1v) is 10.1. The third-order valence-corrected chi connectivity index (χ3v) is 6.53. The second-order valence-electron chi connectivity index (χ2n) is 7.96. The number of nitrogens with zero attached hydrogens (tertiary/aromatic N) is 2. The van der Waals surface area contributed by atoms with Crippen LogP contribution >= 0.6 is 0 Å². The molecule has 2 bridgehead atoms. The molecule has 2 saturated carbocycles. The van der Waals surface area contributed by atoms with Gasteiger partial charge in [0.1, 0.15) is 0 Å². The standard InChI is InChI=1S/C22H24N2O4/c1-3-27-17-8-5-12(9-18(17)28-4-2)11-23-24-21(25)19-13-6-7-14(16-10-15(13)16)20(19)22(24)26/h5-9,11,13-16,19-20H,3-4,10H2,1-2H3/b23-11-/t13-,14-,15-,16+,19-,20+/m1/s1. The Hall–Kier alpha value is -2.63. The number of imide groups is 1. The van der Waals surface area contributed by atoms with Crippen LogP contribution in [0.4, 0.5) is 0 Å². The lowest BCUT2D eigenvalue weighted by Crippen LogP contribution is -2.40. The Labute approximate surface area is 164 Å². The van der Waals surface area contributed by atoms with Crippen LogP contribution in [0.3, 0.4) is 0 Å². The minimum Gasteiger partial charge on any atom is -0.490 e. The summed E-state index contributed by atoms with van der Waals surface area (Å²) in [4.78, 5) is 25.9. The van der Waals surface area contributed by atoms with E-state index in [1.54, 1.807) is 6.21 Å². The van der Waals surface area contributed by atoms with Gasteiger partial charge >= 0.3 is 0 Å². The minimum absolute atomic E-state index is 0.146. The molecule has 0 N–H and O–H groups in total. The average Bonchev–Trinajstić information content (AvgIpc) is 3.48. The van der Waals surface area contributed by atoms with E-state index in [4.69, 9.17) is 9.47 Å². The van der Waals surface area contributed by atoms with Crippen molar-refractivity contribution in [3.8, 4) is 11.5 Å². The highest BCUT2D eigenvalue weighted by Crippen LogP contribution is 2.65. The van der Waals surface area contributed by atoms with E-state index in [9.17, 15) is 9.59 Å². The quantitative estimate of drug-likeness (QED) is 0.432. The molecule has 4 aliphatic carbocycles. The lowest BCUT2D eigenvalue weighted by atomic mass is 9.63. The predicted molar refractivity (Wildman–Crippen MR) is 103 cm³/mol. The van der Waals surface area contributed by atoms with Crippen molar-refractivity contribution in [3.63, 3.8) is 0 Å². The number of hydrogen-bond donors (Lipinski definition) is 0. The number of hydrazone groups is 1. The van der Waals surface area contributed by atoms with Gasteiger partial charge in [-0.1, -0.05) is 12.2 Å². The second-order valence-corrected chi connectivity index (χ2v) is 7.96. The van der Waals surface area contributed by atoms with Gasteiger partial charge in [-0.05, 0) is 67.7 Å². The zero-order valence-electron chi connectivity index (χ0n) is 16.1. The molecule has 6 rings (SSSR count). The number of benzene rings is 1. The van der Waals surface area contributed by atoms with E-state index in [1.807, 2.05) is 32.0 Å². The van der Waals surface area contributed by atoms with Gasteiger partial charge in [0, 0.05) is 0 Å². The van der Waals surface area contributed by atoms with Gasteiger partial charge in [-0.3, -0.25) is 9.59 Å². The fourth-order valence-electron chi connectivity index (χ4n) is 5.33. The summed E-state index contributed by atoms with van der Waals surface area (Å²) >= 11 is 0. The van der Waals surface area contributed by atoms with Crippen LogP contribution in [0.1, 0.15) is 25.8 Å². The topological polar surface area (TPSA) is 68.2 Å². The van der Waals surface area contributed by atoms with Crippen molar-refractivity contribution in [1.82, 2.24) is 5.01 Å². The van der Waals surface area contributed by atoms with E-state index in [1.165, 1.54) is 0 Å². The predicted octanol–water partition coefficient (Wildman–Crippen LogP) is 2.87. The van der Waals surface area contributed by atoms with Crippen molar-refractivity contribution >= 4 is 18.0 Å². The third-order valence-electron chi connectivity index (χ3n) is 6.53. The molecule has 3 fully saturated rings. The van der Waals surface area contributed by atoms with Crippen LogP contribution in [0, 0.1) is 35.5 Å². The van der Waals surface area contributed by atoms with Crippen LogP contribution in [-0.2, 0) is 9.59 Å². The van der Waals surface area contributed by atoms with Crippen LogP contribution in [-0.4, -0.2) is 36.3 Å². The zero-order valence-corrected chi connectivity index (χ0v) is 16.1. The number of carbonyl (C=O) groups excluding carboxylic acids is 2. The Morgan fingerprint density at radius 1 is 1.00 bits per heavy atom. The molecule has 1 heterocycles. The van der Waals surface area contributed by atoms with Crippen LogP contribution in [0.25, 0.3) is 0 Å². The molecule has 0 spiro atoms. The molecule has 1 aromatic carbocycles. The third kappa shape index (κ3) is 2.50. The molecule has 146 valence electrons. The van der Waals surface area contributed by atoms with E-state index in [0.717, 1.165) is 17.0 Å². The molecule has 1 aliphatic heterocycles. The molecule has 5 aliphatic rings. The van der Waals surface area contributed by atoms with Crippen LogP contribution in [0.15, 0.2) is 35.5 Å². The second kappa shape index (κ2) is 6.47. The molecule has 6 atom stereocenters. The first kappa shape index (κ1) is 17.5. The molecular formula is C22H24N2O4. The fraction of sp³-hybridized carbons (Fsp3) is 0.500. The summed E-state index contributed by atoms with van der Waals surface area (Å²) < 4.78 is 11.2. The Kier molecular flexibility index (Phi) is 4.03. The van der Waals surface area contributed by atoms with Gasteiger partial charge in [-0.2, -0.15) is 10.1 Å². The first-order valence-electron chi connectivity index (χ1n) is 10.1. The summed E-state index contributed by atoms with van der Waals surface area (Å²) in [5.41, 5.74) is 0.756. The Balaban J connectivity index is 1.38. The molecule has 6 heteroatoms. The lowest BCUT2D eigenvalue weighted by Gasteiger charge is -2.37. The summed E-state index contributed by atoms with van der Waals surface area (Å²) in [6.45, 7) is 4.89. The SMILES string of the molecule is CCOc1ccc(/C=N\N2C(=O)[C@@H]3[C@@H]4C=C[C@H]([C@@H]5C[C@H]45)[C@@H]3C2=O)cc1OCC. The van der Waals surface area contributed by atoms with E-state index in [-0.39, 0.29) is 35.5 Å². The smallest absolute Gasteiger partial charge is 0.254 e. The maximum absolute atomic E-state index is 12.9. The normalized spacial score (nSPS) is 34.7. The van der Waals surface area contributed by atoms with Crippen molar-refractivity contribution < 1.29 is 19.1 Å². The maximum Gasteiger partial charge on any atom is 0.254 e. The van der Waals surface area contributed by atoms with Gasteiger partial charge in [0.05, 0.1) is 31.3 Å². The fourth-order valence-corrected chi connectivity index (χ4v) is 5.33. The van der Waals surface area contributed by atoms with Crippen molar-refractivity contribution in [2.45, 2.75) is 20.3 Å². The van der Waals surface area contributed by atoms with Gasteiger partial charge in [0.25, 0.3) is 11.8 Å². The number of amides is 2. The molecular weight excluding hydrogens is 356 g/mol. The molecule has 2 amide bonds. The highest BCUT2D eigenvalue weighted by Gasteiger charge is 2.67. The number of hydrogen-bond acceptors (Lipinski definition) is 5. The van der Waals surface area contributed by atoms with E-state index in [0.29, 0.717) is 36.5 Å². The highest BCUT2D eigenvalue weighted by molar-refractivity contribution is 6.06. The largest absolute Gasteiger partial charge is 0.490 e. The van der Waals surface area contributed by atoms with Gasteiger partial charge in [-0.25, -0.2) is 0 Å². The molecule has 0 aromatic heterocycles. The summed E-state index contributed by atoms with van der Waals surface area (Å²) in [6.07, 6.45) is 7.05. The van der Waals surface area contributed by atoms with Crippen molar-refractivity contribution in [2.75, 3.05) is 13.2 Å². The van der Waals surface area contributed by atoms with Gasteiger partial charge in [-0.15, -0.1) is 0 Å². The van der Waals surface area contributed by atoms with Crippen molar-refractivity contribution in [3.05, 3.63) is 35.9 Å². The summed E-state index contributed by atoms with van der Waals surface area (Å²) in [5, 5.41) is 5.38. The van der Waals surface area contributed by atoms with Gasteiger partial charge in [0.15, 0.2) is 11.5 Å². The van der Waals surface area contributed by atoms with Crippen LogP contribution in [0.2, 0.25) is 0 Å². The average molecular weight is 380 g/mol. The zero-order chi connectivity index (χ0) is 19.4. The highest BCUT2D eigenvalue weighted by atomic mass is 16.5. The molecule has 1 aromatic rings. The number of allylic oxidation sites excluding steroid dienone is 2. The van der Waals surface area contributed by atoms with Gasteiger partial charge in [0.2, 0.25) is 0 Å². The van der Waals surface area contributed by atoms with E-state index in [2.05, 4.69) is 17.3 Å². The molecule has 28 heavy (non-hydrogen) atoms. The molecule has 0 radical (unpaired) electrons. The Morgan fingerprint density at radius 2 is 1.61 bits per heavy atom. The summed E-state index contributed by atoms with van der Waals surface area (Å²) in [7, 11) is 0. The minimum atomic E-state index is -0.220. The van der Waals surface area contributed by atoms with E-state index < -0.39 is 0 Å². The lowest BCUT2D eigenvalue weighted by molar-refractivity contribution is -0.140. The van der Waals surface area contributed by atoms with Crippen LogP contribution in [0.5, 0.6) is 11.5 Å². The Morgan fingerprint density at radius 3 is 2.21 bits per heavy atom. The maximum atomic E-state index is 12.9. The Bertz CT molecular complexity index is 857. The van der Waals surface area contributed by atoms with Crippen molar-refractivity contribution in [1.29, 1.82) is 0 Å². The number of carbonyl (C=O) groups is 2. The van der Waals surface area contributed by atoms with Gasteiger partial charge < -0.3 is 9.47 Å².